The van der Waals surface area contributed by atoms with Crippen molar-refractivity contribution >= 4 is 17.4 Å². The van der Waals surface area contributed by atoms with Crippen LogP contribution in [0.2, 0.25) is 0 Å². The average Bonchev–Trinajstić information content (AvgIpc) is 2.38. The number of rotatable bonds is 5. The Labute approximate surface area is 107 Å². The Morgan fingerprint density at radius 1 is 1.24 bits per heavy atom. The number of benzene rings is 1. The Kier molecular flexibility index (Phi) is 4.43. The topological polar surface area (TPSA) is 26.3 Å². The fourth-order valence-corrected chi connectivity index (χ4v) is 2.28. The number of fused-ring (bicyclic) bond motifs is 1. The number of halogens is 1. The van der Waals surface area contributed by atoms with Gasteiger partial charge in [-0.05, 0) is 48.9 Å². The number of Topliss-reactive ketones (excluding diaryl/α,β-unsaturated/α-hetero) is 1. The number of hydrogen-bond acceptors (Lipinski definition) is 2. The molecule has 0 unspecified atom stereocenters. The van der Waals surface area contributed by atoms with Crippen molar-refractivity contribution < 1.29 is 9.53 Å². The Balaban J connectivity index is 1.91. The summed E-state index contributed by atoms with van der Waals surface area (Å²) in [6.07, 6.45) is 5.27. The summed E-state index contributed by atoms with van der Waals surface area (Å²) in [7, 11) is 0. The summed E-state index contributed by atoms with van der Waals surface area (Å²) in [6.45, 7) is 0.421. The highest BCUT2D eigenvalue weighted by Gasteiger charge is 2.10. The van der Waals surface area contributed by atoms with E-state index in [1.165, 1.54) is 30.4 Å². The lowest BCUT2D eigenvalue weighted by Crippen LogP contribution is -2.08. The van der Waals surface area contributed by atoms with E-state index in [1.54, 1.807) is 0 Å². The Bertz CT molecular complexity index is 401. The molecule has 1 aromatic carbocycles. The first-order valence-corrected chi connectivity index (χ1v) is 6.65. The summed E-state index contributed by atoms with van der Waals surface area (Å²) in [5, 5.41) is 0. The molecular weight excluding hydrogens is 236 g/mol. The third-order valence-electron chi connectivity index (χ3n) is 3.12. The lowest BCUT2D eigenvalue weighted by atomic mass is 9.92. The molecule has 0 bridgehead atoms. The molecule has 0 spiro atoms. The van der Waals surface area contributed by atoms with E-state index in [-0.39, 0.29) is 11.7 Å². The number of alkyl halides is 1. The molecule has 0 fully saturated rings. The third-order valence-corrected chi connectivity index (χ3v) is 3.42. The van der Waals surface area contributed by atoms with Crippen LogP contribution in [0.25, 0.3) is 0 Å². The van der Waals surface area contributed by atoms with Crippen LogP contribution in [0.15, 0.2) is 18.2 Å². The lowest BCUT2D eigenvalue weighted by molar-refractivity contribution is -0.117. The predicted molar refractivity (Wildman–Crippen MR) is 68.9 cm³/mol. The van der Waals surface area contributed by atoms with Crippen LogP contribution < -0.4 is 4.74 Å². The molecule has 0 amide bonds. The standard InChI is InChI=1S/C14H17ClO2/c15-10-13(16)7-8-17-14-6-5-11-3-1-2-4-12(11)9-14/h5-6,9H,1-4,7-8,10H2. The van der Waals surface area contributed by atoms with Gasteiger partial charge in [-0.1, -0.05) is 6.07 Å². The van der Waals surface area contributed by atoms with E-state index in [2.05, 4.69) is 12.1 Å². The minimum Gasteiger partial charge on any atom is -0.493 e. The van der Waals surface area contributed by atoms with Crippen LogP contribution in [0, 0.1) is 0 Å². The van der Waals surface area contributed by atoms with E-state index in [0.717, 1.165) is 12.2 Å². The zero-order valence-corrected chi connectivity index (χ0v) is 10.6. The minimum absolute atomic E-state index is 0.0321. The second-order valence-corrected chi connectivity index (χ2v) is 4.68. The number of carbonyl (C=O) groups excluding carboxylic acids is 1. The predicted octanol–water partition coefficient (Wildman–Crippen LogP) is 3.14. The zero-order valence-electron chi connectivity index (χ0n) is 9.88. The van der Waals surface area contributed by atoms with Gasteiger partial charge < -0.3 is 4.74 Å². The van der Waals surface area contributed by atoms with Crippen LogP contribution in [0.3, 0.4) is 0 Å². The van der Waals surface area contributed by atoms with Crippen LogP contribution >= 0.6 is 11.6 Å². The van der Waals surface area contributed by atoms with Crippen molar-refractivity contribution in [2.24, 2.45) is 0 Å². The SMILES string of the molecule is O=C(CCl)CCOc1ccc2c(c1)CCCC2. The van der Waals surface area contributed by atoms with Crippen LogP contribution in [-0.2, 0) is 17.6 Å². The molecule has 2 rings (SSSR count). The molecule has 0 radical (unpaired) electrons. The largest absolute Gasteiger partial charge is 0.493 e. The second kappa shape index (κ2) is 6.06. The summed E-state index contributed by atoms with van der Waals surface area (Å²) in [4.78, 5) is 11.0. The van der Waals surface area contributed by atoms with Crippen molar-refractivity contribution in [2.75, 3.05) is 12.5 Å². The summed E-state index contributed by atoms with van der Waals surface area (Å²) in [5.74, 6) is 0.978. The molecule has 3 heteroatoms. The normalized spacial score (nSPS) is 14.2. The molecule has 0 N–H and O–H groups in total. The molecule has 92 valence electrons. The van der Waals surface area contributed by atoms with Crippen molar-refractivity contribution in [3.05, 3.63) is 29.3 Å². The van der Waals surface area contributed by atoms with Crippen molar-refractivity contribution in [3.8, 4) is 5.75 Å². The van der Waals surface area contributed by atoms with E-state index in [4.69, 9.17) is 16.3 Å². The molecule has 0 heterocycles. The van der Waals surface area contributed by atoms with Crippen molar-refractivity contribution in [1.82, 2.24) is 0 Å². The van der Waals surface area contributed by atoms with Crippen LogP contribution in [0.4, 0.5) is 0 Å². The first kappa shape index (κ1) is 12.4. The number of hydrogen-bond donors (Lipinski definition) is 0. The molecule has 0 saturated carbocycles. The maximum absolute atomic E-state index is 11.0. The molecule has 0 atom stereocenters. The average molecular weight is 253 g/mol. The van der Waals surface area contributed by atoms with Gasteiger partial charge in [0.1, 0.15) is 5.75 Å². The van der Waals surface area contributed by atoms with Crippen LogP contribution in [0.1, 0.15) is 30.4 Å². The Morgan fingerprint density at radius 3 is 2.76 bits per heavy atom. The Morgan fingerprint density at radius 2 is 2.00 bits per heavy atom. The van der Waals surface area contributed by atoms with Crippen molar-refractivity contribution in [2.45, 2.75) is 32.1 Å². The van der Waals surface area contributed by atoms with E-state index in [0.29, 0.717) is 13.0 Å². The van der Waals surface area contributed by atoms with Gasteiger partial charge in [0.05, 0.1) is 12.5 Å². The maximum Gasteiger partial charge on any atom is 0.150 e. The monoisotopic (exact) mass is 252 g/mol. The second-order valence-electron chi connectivity index (χ2n) is 4.41. The van der Waals surface area contributed by atoms with Gasteiger partial charge in [-0.2, -0.15) is 0 Å². The van der Waals surface area contributed by atoms with Gasteiger partial charge in [0.2, 0.25) is 0 Å². The number of ether oxygens (including phenoxy) is 1. The summed E-state index contributed by atoms with van der Waals surface area (Å²) >= 11 is 5.42. The van der Waals surface area contributed by atoms with Crippen LogP contribution in [-0.4, -0.2) is 18.3 Å². The number of aryl methyl sites for hydroxylation is 2. The quantitative estimate of drug-likeness (QED) is 0.753. The van der Waals surface area contributed by atoms with E-state index in [9.17, 15) is 4.79 Å². The van der Waals surface area contributed by atoms with Crippen molar-refractivity contribution in [1.29, 1.82) is 0 Å². The maximum atomic E-state index is 11.0. The molecule has 0 aliphatic heterocycles. The van der Waals surface area contributed by atoms with Gasteiger partial charge in [0, 0.05) is 6.42 Å². The lowest BCUT2D eigenvalue weighted by Gasteiger charge is -2.16. The van der Waals surface area contributed by atoms with Gasteiger partial charge in [-0.15, -0.1) is 11.6 Å². The zero-order chi connectivity index (χ0) is 12.1. The van der Waals surface area contributed by atoms with E-state index < -0.39 is 0 Å². The highest BCUT2D eigenvalue weighted by atomic mass is 35.5. The molecule has 1 aromatic rings. The highest BCUT2D eigenvalue weighted by Crippen LogP contribution is 2.25. The fraction of sp³-hybridized carbons (Fsp3) is 0.500. The molecule has 1 aliphatic rings. The fourth-order valence-electron chi connectivity index (χ4n) is 2.15. The van der Waals surface area contributed by atoms with E-state index in [1.807, 2.05) is 6.07 Å². The van der Waals surface area contributed by atoms with Gasteiger partial charge in [0.15, 0.2) is 5.78 Å². The van der Waals surface area contributed by atoms with Gasteiger partial charge in [0.25, 0.3) is 0 Å². The first-order valence-electron chi connectivity index (χ1n) is 6.12. The minimum atomic E-state index is 0.0321. The molecule has 0 aromatic heterocycles. The summed E-state index contributed by atoms with van der Waals surface area (Å²) in [5.41, 5.74) is 2.85. The molecule has 1 aliphatic carbocycles. The molecule has 2 nitrogen and oxygen atoms in total. The van der Waals surface area contributed by atoms with Gasteiger partial charge in [-0.3, -0.25) is 4.79 Å². The molecule has 17 heavy (non-hydrogen) atoms. The smallest absolute Gasteiger partial charge is 0.150 e. The molecule has 0 saturated heterocycles. The van der Waals surface area contributed by atoms with Gasteiger partial charge in [-0.25, -0.2) is 0 Å². The first-order chi connectivity index (χ1) is 8.29. The third kappa shape index (κ3) is 3.47. The van der Waals surface area contributed by atoms with Gasteiger partial charge >= 0.3 is 0 Å². The summed E-state index contributed by atoms with van der Waals surface area (Å²) in [6, 6.07) is 6.25. The summed E-state index contributed by atoms with van der Waals surface area (Å²) < 4.78 is 5.57. The van der Waals surface area contributed by atoms with Crippen molar-refractivity contribution in [3.63, 3.8) is 0 Å². The number of ketones is 1. The Hall–Kier alpha value is -1.02. The number of carbonyl (C=O) groups is 1. The molecular formula is C14H17ClO2. The highest BCUT2D eigenvalue weighted by molar-refractivity contribution is 6.27. The van der Waals surface area contributed by atoms with Crippen LogP contribution in [0.5, 0.6) is 5.75 Å². The van der Waals surface area contributed by atoms with E-state index >= 15 is 0 Å².